The lowest BCUT2D eigenvalue weighted by Crippen LogP contribution is -2.45. The smallest absolute Gasteiger partial charge is 0.254 e. The number of sulfonamides is 1. The number of nitrogens with zero attached hydrogens (tertiary/aromatic N) is 1. The van der Waals surface area contributed by atoms with Gasteiger partial charge in [0.25, 0.3) is 5.91 Å². The molecular weight excluding hydrogens is 398 g/mol. The van der Waals surface area contributed by atoms with Crippen LogP contribution in [0, 0.1) is 12.8 Å². The zero-order chi connectivity index (χ0) is 19.0. The first-order valence-corrected chi connectivity index (χ1v) is 11.6. The second-order valence-corrected chi connectivity index (χ2v) is 10.0. The van der Waals surface area contributed by atoms with Gasteiger partial charge in [-0.2, -0.15) is 0 Å². The van der Waals surface area contributed by atoms with Crippen molar-refractivity contribution < 1.29 is 13.2 Å². The minimum Gasteiger partial charge on any atom is -0.339 e. The number of amides is 1. The highest BCUT2D eigenvalue weighted by molar-refractivity contribution is 7.89. The molecule has 0 atom stereocenters. The molecule has 3 aliphatic rings. The Balaban J connectivity index is 0.00000225. The Kier molecular flexibility index (Phi) is 6.69. The van der Waals surface area contributed by atoms with Gasteiger partial charge in [-0.3, -0.25) is 4.79 Å². The van der Waals surface area contributed by atoms with E-state index in [1.807, 2.05) is 11.8 Å². The second-order valence-electron chi connectivity index (χ2n) is 8.29. The maximum Gasteiger partial charge on any atom is 0.254 e. The van der Waals surface area contributed by atoms with E-state index in [0.717, 1.165) is 56.8 Å². The molecule has 0 aromatic heterocycles. The normalized spacial score (nSPS) is 20.7. The van der Waals surface area contributed by atoms with Gasteiger partial charge in [0.05, 0.1) is 4.90 Å². The lowest BCUT2D eigenvalue weighted by Gasteiger charge is -2.33. The van der Waals surface area contributed by atoms with Crippen LogP contribution >= 0.6 is 12.4 Å². The molecule has 3 fully saturated rings. The third-order valence-corrected chi connectivity index (χ3v) is 7.34. The topological polar surface area (TPSA) is 78.5 Å². The van der Waals surface area contributed by atoms with Gasteiger partial charge in [0.15, 0.2) is 0 Å². The molecule has 2 saturated carbocycles. The van der Waals surface area contributed by atoms with Crippen LogP contribution in [0.15, 0.2) is 23.1 Å². The van der Waals surface area contributed by atoms with Gasteiger partial charge in [-0.25, -0.2) is 13.1 Å². The Hall–Kier alpha value is -1.15. The fourth-order valence-corrected chi connectivity index (χ4v) is 4.93. The minimum absolute atomic E-state index is 0. The summed E-state index contributed by atoms with van der Waals surface area (Å²) in [6, 6.07) is 5.41. The SMILES string of the molecule is Cc1ccc(S(=O)(=O)NC2CC2)cc1C(=O)N1CCC(NCC2CC2)CC1.Cl. The van der Waals surface area contributed by atoms with Crippen LogP contribution in [0.3, 0.4) is 0 Å². The van der Waals surface area contributed by atoms with Gasteiger partial charge in [0.2, 0.25) is 10.0 Å². The van der Waals surface area contributed by atoms with E-state index < -0.39 is 10.0 Å². The van der Waals surface area contributed by atoms with E-state index in [2.05, 4.69) is 10.0 Å². The Labute approximate surface area is 173 Å². The van der Waals surface area contributed by atoms with Crippen molar-refractivity contribution in [1.29, 1.82) is 0 Å². The number of hydrogen-bond donors (Lipinski definition) is 2. The van der Waals surface area contributed by atoms with Crippen LogP contribution in [0.1, 0.15) is 54.4 Å². The van der Waals surface area contributed by atoms with Crippen molar-refractivity contribution in [3.05, 3.63) is 29.3 Å². The predicted octanol–water partition coefficient (Wildman–Crippen LogP) is 2.46. The molecule has 0 unspecified atom stereocenters. The minimum atomic E-state index is -3.55. The molecular formula is C20H30ClN3O3S. The molecule has 0 radical (unpaired) electrons. The molecule has 28 heavy (non-hydrogen) atoms. The van der Waals surface area contributed by atoms with Gasteiger partial charge >= 0.3 is 0 Å². The van der Waals surface area contributed by atoms with Crippen molar-refractivity contribution in [2.75, 3.05) is 19.6 Å². The zero-order valence-corrected chi connectivity index (χ0v) is 17.9. The van der Waals surface area contributed by atoms with Crippen LogP contribution in [0.25, 0.3) is 0 Å². The van der Waals surface area contributed by atoms with Gasteiger partial charge in [-0.05, 0) is 75.6 Å². The van der Waals surface area contributed by atoms with E-state index in [4.69, 9.17) is 0 Å². The Bertz CT molecular complexity index is 814. The van der Waals surface area contributed by atoms with Crippen LogP contribution < -0.4 is 10.0 Å². The first-order valence-electron chi connectivity index (χ1n) is 10.1. The monoisotopic (exact) mass is 427 g/mol. The number of carbonyl (C=O) groups is 1. The standard InChI is InChI=1S/C20H29N3O3S.ClH/c1-14-2-7-18(27(25,26)22-17-5-6-17)12-19(14)20(24)23-10-8-16(9-11-23)21-13-15-3-4-15;/h2,7,12,15-17,21-22H,3-6,8-11,13H2,1H3;1H. The summed E-state index contributed by atoms with van der Waals surface area (Å²) in [6.07, 6.45) is 6.38. The van der Waals surface area contributed by atoms with Crippen molar-refractivity contribution >= 4 is 28.3 Å². The fourth-order valence-electron chi connectivity index (χ4n) is 3.60. The molecule has 0 spiro atoms. The van der Waals surface area contributed by atoms with E-state index in [0.29, 0.717) is 11.6 Å². The molecule has 1 saturated heterocycles. The number of hydrogen-bond acceptors (Lipinski definition) is 4. The average Bonchev–Trinajstić information content (AvgIpc) is 3.56. The van der Waals surface area contributed by atoms with Gasteiger partial charge in [-0.1, -0.05) is 6.07 Å². The van der Waals surface area contributed by atoms with Crippen LogP contribution in [-0.2, 0) is 10.0 Å². The highest BCUT2D eigenvalue weighted by Crippen LogP contribution is 2.28. The third kappa shape index (κ3) is 5.26. The number of aryl methyl sites for hydroxylation is 1. The first-order chi connectivity index (χ1) is 12.9. The zero-order valence-electron chi connectivity index (χ0n) is 16.3. The van der Waals surface area contributed by atoms with Crippen molar-refractivity contribution in [3.63, 3.8) is 0 Å². The molecule has 0 bridgehead atoms. The highest BCUT2D eigenvalue weighted by atomic mass is 35.5. The highest BCUT2D eigenvalue weighted by Gasteiger charge is 2.30. The summed E-state index contributed by atoms with van der Waals surface area (Å²) in [5.74, 6) is 0.804. The van der Waals surface area contributed by atoms with Gasteiger partial charge in [-0.15, -0.1) is 12.4 Å². The van der Waals surface area contributed by atoms with Crippen molar-refractivity contribution in [3.8, 4) is 0 Å². The molecule has 1 heterocycles. The van der Waals surface area contributed by atoms with Crippen LogP contribution in [0.2, 0.25) is 0 Å². The van der Waals surface area contributed by atoms with Crippen LogP contribution in [0.5, 0.6) is 0 Å². The summed E-state index contributed by atoms with van der Waals surface area (Å²) in [5, 5.41) is 3.62. The molecule has 1 amide bonds. The van der Waals surface area contributed by atoms with Gasteiger partial charge in [0, 0.05) is 30.7 Å². The second kappa shape index (κ2) is 8.69. The molecule has 156 valence electrons. The van der Waals surface area contributed by atoms with Gasteiger partial charge < -0.3 is 10.2 Å². The summed E-state index contributed by atoms with van der Waals surface area (Å²) in [7, 11) is -3.55. The van der Waals surface area contributed by atoms with Crippen LogP contribution in [0.4, 0.5) is 0 Å². The van der Waals surface area contributed by atoms with Crippen molar-refractivity contribution in [2.45, 2.75) is 62.4 Å². The number of benzene rings is 1. The molecule has 1 aromatic rings. The van der Waals surface area contributed by atoms with E-state index in [1.54, 1.807) is 18.2 Å². The van der Waals surface area contributed by atoms with Crippen molar-refractivity contribution in [1.82, 2.24) is 14.9 Å². The molecule has 1 aliphatic heterocycles. The van der Waals surface area contributed by atoms with E-state index >= 15 is 0 Å². The van der Waals surface area contributed by atoms with Gasteiger partial charge in [0.1, 0.15) is 0 Å². The summed E-state index contributed by atoms with van der Waals surface area (Å²) in [5.41, 5.74) is 1.32. The molecule has 2 aliphatic carbocycles. The van der Waals surface area contributed by atoms with E-state index in [9.17, 15) is 13.2 Å². The lowest BCUT2D eigenvalue weighted by molar-refractivity contribution is 0.0704. The molecule has 6 nitrogen and oxygen atoms in total. The largest absolute Gasteiger partial charge is 0.339 e. The van der Waals surface area contributed by atoms with E-state index in [1.165, 1.54) is 12.8 Å². The Morgan fingerprint density at radius 2 is 1.75 bits per heavy atom. The number of carbonyl (C=O) groups excluding carboxylic acids is 1. The average molecular weight is 428 g/mol. The van der Waals surface area contributed by atoms with Crippen LogP contribution in [-0.4, -0.2) is 50.9 Å². The summed E-state index contributed by atoms with van der Waals surface area (Å²) in [4.78, 5) is 15.1. The molecule has 8 heteroatoms. The Morgan fingerprint density at radius 3 is 2.36 bits per heavy atom. The number of halogens is 1. The third-order valence-electron chi connectivity index (χ3n) is 5.82. The number of piperidine rings is 1. The Morgan fingerprint density at radius 1 is 1.07 bits per heavy atom. The molecule has 2 N–H and O–H groups in total. The summed E-state index contributed by atoms with van der Waals surface area (Å²) in [6.45, 7) is 4.41. The maximum absolute atomic E-state index is 13.0. The lowest BCUT2D eigenvalue weighted by atomic mass is 10.0. The fraction of sp³-hybridized carbons (Fsp3) is 0.650. The number of likely N-dealkylation sites (tertiary alicyclic amines) is 1. The number of nitrogens with one attached hydrogen (secondary N) is 2. The molecule has 1 aromatic carbocycles. The maximum atomic E-state index is 13.0. The first kappa shape index (κ1) is 21.6. The number of rotatable bonds is 7. The summed E-state index contributed by atoms with van der Waals surface area (Å²) < 4.78 is 27.6. The summed E-state index contributed by atoms with van der Waals surface area (Å²) >= 11 is 0. The molecule has 4 rings (SSSR count). The quantitative estimate of drug-likeness (QED) is 0.700. The predicted molar refractivity (Wildman–Crippen MR) is 111 cm³/mol. The van der Waals surface area contributed by atoms with Crippen molar-refractivity contribution in [2.24, 2.45) is 5.92 Å². The van der Waals surface area contributed by atoms with E-state index in [-0.39, 0.29) is 29.3 Å².